The molecule has 0 aromatic carbocycles. The number of hydrogen-bond acceptors (Lipinski definition) is 8. The predicted octanol–water partition coefficient (Wildman–Crippen LogP) is 3.52. The zero-order valence-corrected chi connectivity index (χ0v) is 21.5. The van der Waals surface area contributed by atoms with Crippen LogP contribution in [-0.4, -0.2) is 44.9 Å². The monoisotopic (exact) mass is 495 g/mol. The molecule has 33 heavy (non-hydrogen) atoms. The van der Waals surface area contributed by atoms with E-state index in [-0.39, 0.29) is 24.7 Å². The van der Waals surface area contributed by atoms with E-state index >= 15 is 0 Å². The number of carbonyl (C=O) groups excluding carboxylic acids is 3. The van der Waals surface area contributed by atoms with E-state index in [0.717, 1.165) is 12.0 Å². The molecule has 0 aliphatic carbocycles. The number of esters is 1. The number of nitrogens with two attached hydrogens (primary N) is 1. The summed E-state index contributed by atoms with van der Waals surface area (Å²) in [5.41, 5.74) is 6.58. The number of thioether (sulfide) groups is 1. The molecule has 0 aliphatic rings. The Morgan fingerprint density at radius 1 is 1.21 bits per heavy atom. The van der Waals surface area contributed by atoms with Gasteiger partial charge in [-0.05, 0) is 36.1 Å². The van der Waals surface area contributed by atoms with Crippen molar-refractivity contribution in [2.45, 2.75) is 65.6 Å². The van der Waals surface area contributed by atoms with Crippen LogP contribution in [0, 0.1) is 11.8 Å². The Labute approximate surface area is 202 Å². The lowest BCUT2D eigenvalue weighted by molar-refractivity contribution is -0.118. The number of primary amides is 1. The molecule has 0 saturated carbocycles. The van der Waals surface area contributed by atoms with Crippen LogP contribution in [0.25, 0.3) is 0 Å². The van der Waals surface area contributed by atoms with Gasteiger partial charge in [-0.2, -0.15) is 0 Å². The molecule has 2 rings (SSSR count). The van der Waals surface area contributed by atoms with Gasteiger partial charge in [0.2, 0.25) is 11.8 Å². The molecule has 0 atom stereocenters. The highest BCUT2D eigenvalue weighted by atomic mass is 32.2. The third-order valence-corrected chi connectivity index (χ3v) is 6.41. The zero-order chi connectivity index (χ0) is 24.5. The second-order valence-electron chi connectivity index (χ2n) is 8.49. The summed E-state index contributed by atoms with van der Waals surface area (Å²) in [5, 5.41) is 14.3. The van der Waals surface area contributed by atoms with Gasteiger partial charge >= 0.3 is 5.97 Å². The molecule has 0 unspecified atom stereocenters. The molecule has 3 N–H and O–H groups in total. The van der Waals surface area contributed by atoms with E-state index in [1.807, 2.05) is 9.95 Å². The number of nitrogens with zero attached hydrogens (tertiary/aromatic N) is 3. The van der Waals surface area contributed by atoms with Crippen LogP contribution < -0.4 is 11.1 Å². The maximum absolute atomic E-state index is 12.7. The summed E-state index contributed by atoms with van der Waals surface area (Å²) in [6.07, 6.45) is 1.31. The van der Waals surface area contributed by atoms with Crippen LogP contribution >= 0.6 is 23.1 Å². The Morgan fingerprint density at radius 2 is 1.94 bits per heavy atom. The minimum Gasteiger partial charge on any atom is -0.462 e. The highest BCUT2D eigenvalue weighted by Gasteiger charge is 2.23. The van der Waals surface area contributed by atoms with Crippen molar-refractivity contribution in [3.05, 3.63) is 22.3 Å². The Morgan fingerprint density at radius 3 is 2.55 bits per heavy atom. The molecule has 0 radical (unpaired) electrons. The van der Waals surface area contributed by atoms with Gasteiger partial charge < -0.3 is 20.4 Å². The molecular formula is C22H33N5O4S2. The first kappa shape index (κ1) is 26.8. The summed E-state index contributed by atoms with van der Waals surface area (Å²) in [7, 11) is 0. The van der Waals surface area contributed by atoms with E-state index in [4.69, 9.17) is 10.5 Å². The number of anilines is 1. The van der Waals surface area contributed by atoms with Gasteiger partial charge in [0.15, 0.2) is 5.16 Å². The van der Waals surface area contributed by atoms with E-state index in [1.54, 1.807) is 6.92 Å². The van der Waals surface area contributed by atoms with Crippen molar-refractivity contribution in [3.63, 3.8) is 0 Å². The summed E-state index contributed by atoms with van der Waals surface area (Å²) in [5.74, 6) is 0.405. The van der Waals surface area contributed by atoms with Crippen molar-refractivity contribution < 1.29 is 19.1 Å². The van der Waals surface area contributed by atoms with Crippen molar-refractivity contribution in [1.29, 1.82) is 0 Å². The second kappa shape index (κ2) is 12.7. The molecule has 2 amide bonds. The van der Waals surface area contributed by atoms with Gasteiger partial charge in [0.05, 0.1) is 17.9 Å². The van der Waals surface area contributed by atoms with Crippen LogP contribution in [0.4, 0.5) is 5.00 Å². The van der Waals surface area contributed by atoms with Gasteiger partial charge in [-0.15, -0.1) is 21.5 Å². The van der Waals surface area contributed by atoms with Crippen molar-refractivity contribution in [3.8, 4) is 0 Å². The van der Waals surface area contributed by atoms with Gasteiger partial charge in [0, 0.05) is 19.4 Å². The number of aromatic nitrogens is 3. The van der Waals surface area contributed by atoms with E-state index in [9.17, 15) is 14.4 Å². The van der Waals surface area contributed by atoms with Gasteiger partial charge in [-0.25, -0.2) is 4.79 Å². The lowest BCUT2D eigenvalue weighted by Gasteiger charge is -2.12. The number of amides is 2. The van der Waals surface area contributed by atoms with Crippen molar-refractivity contribution >= 4 is 45.9 Å². The Hall–Kier alpha value is -2.40. The van der Waals surface area contributed by atoms with E-state index in [2.05, 4.69) is 43.2 Å². The van der Waals surface area contributed by atoms with Crippen molar-refractivity contribution in [2.24, 2.45) is 17.6 Å². The fraction of sp³-hybridized carbons (Fsp3) is 0.591. The Kier molecular flexibility index (Phi) is 10.4. The summed E-state index contributed by atoms with van der Waals surface area (Å²) in [6.45, 7) is 11.0. The molecule has 2 aromatic rings. The lowest BCUT2D eigenvalue weighted by Crippen LogP contribution is -2.18. The second-order valence-corrected chi connectivity index (χ2v) is 10.3. The van der Waals surface area contributed by atoms with Gasteiger partial charge in [0.25, 0.3) is 0 Å². The number of carbonyl (C=O) groups is 3. The van der Waals surface area contributed by atoms with Crippen LogP contribution in [-0.2, 0) is 33.7 Å². The molecule has 0 spiro atoms. The molecule has 0 bridgehead atoms. The Balaban J connectivity index is 2.12. The molecule has 0 saturated heterocycles. The standard InChI is InChI=1S/C22H33N5O4S2/c1-6-31-21(30)19-15(9-13(2)3)11-32-20(19)24-18(29)12-33-22-26-25-17(8-7-16(23)28)27(22)10-14(4)5/h11,13-14H,6-10,12H2,1-5H3,(H2,23,28)(H,24,29). The molecular weight excluding hydrogens is 462 g/mol. The van der Waals surface area contributed by atoms with E-state index in [1.165, 1.54) is 23.1 Å². The first-order valence-corrected chi connectivity index (χ1v) is 12.9. The van der Waals surface area contributed by atoms with Crippen LogP contribution in [0.5, 0.6) is 0 Å². The minimum atomic E-state index is -0.423. The first-order valence-electron chi connectivity index (χ1n) is 11.0. The number of hydrogen-bond donors (Lipinski definition) is 2. The van der Waals surface area contributed by atoms with Crippen molar-refractivity contribution in [2.75, 3.05) is 17.7 Å². The maximum atomic E-state index is 12.7. The molecule has 2 aromatic heterocycles. The number of nitrogens with one attached hydrogen (secondary N) is 1. The largest absolute Gasteiger partial charge is 0.462 e. The molecule has 11 heteroatoms. The lowest BCUT2D eigenvalue weighted by atomic mass is 10.0. The maximum Gasteiger partial charge on any atom is 0.341 e. The van der Waals surface area contributed by atoms with Crippen LogP contribution in [0.3, 0.4) is 0 Å². The summed E-state index contributed by atoms with van der Waals surface area (Å²) >= 11 is 2.59. The first-order chi connectivity index (χ1) is 15.6. The minimum absolute atomic E-state index is 0.103. The number of rotatable bonds is 13. The molecule has 9 nitrogen and oxygen atoms in total. The summed E-state index contributed by atoms with van der Waals surface area (Å²) < 4.78 is 7.14. The third-order valence-electron chi connectivity index (χ3n) is 4.50. The number of thiophene rings is 1. The number of aryl methyl sites for hydroxylation is 1. The third kappa shape index (κ3) is 8.15. The van der Waals surface area contributed by atoms with Crippen molar-refractivity contribution in [1.82, 2.24) is 14.8 Å². The van der Waals surface area contributed by atoms with Crippen LogP contribution in [0.15, 0.2) is 10.5 Å². The van der Waals surface area contributed by atoms with Gasteiger partial charge in [-0.1, -0.05) is 39.5 Å². The quantitative estimate of drug-likeness (QED) is 0.321. The van der Waals surface area contributed by atoms with Gasteiger partial charge in [0.1, 0.15) is 10.8 Å². The average Bonchev–Trinajstić information content (AvgIpc) is 3.27. The Bertz CT molecular complexity index is 968. The summed E-state index contributed by atoms with van der Waals surface area (Å²) in [4.78, 5) is 36.4. The molecule has 182 valence electrons. The number of ether oxygens (including phenoxy) is 1. The van der Waals surface area contributed by atoms with E-state index in [0.29, 0.717) is 46.3 Å². The molecule has 0 aliphatic heterocycles. The predicted molar refractivity (Wildman–Crippen MR) is 131 cm³/mol. The molecule has 2 heterocycles. The topological polar surface area (TPSA) is 129 Å². The van der Waals surface area contributed by atoms with Crippen LogP contribution in [0.1, 0.15) is 62.8 Å². The van der Waals surface area contributed by atoms with E-state index < -0.39 is 11.9 Å². The highest BCUT2D eigenvalue weighted by molar-refractivity contribution is 7.99. The summed E-state index contributed by atoms with van der Waals surface area (Å²) in [6, 6.07) is 0. The zero-order valence-electron chi connectivity index (χ0n) is 19.8. The SMILES string of the molecule is CCOC(=O)c1c(CC(C)C)csc1NC(=O)CSc1nnc(CCC(N)=O)n1CC(C)C. The fourth-order valence-electron chi connectivity index (χ4n) is 3.19. The average molecular weight is 496 g/mol. The smallest absolute Gasteiger partial charge is 0.341 e. The highest BCUT2D eigenvalue weighted by Crippen LogP contribution is 2.31. The van der Waals surface area contributed by atoms with Crippen LogP contribution in [0.2, 0.25) is 0 Å². The normalized spacial score (nSPS) is 11.2. The van der Waals surface area contributed by atoms with Gasteiger partial charge in [-0.3, -0.25) is 9.59 Å². The fourth-order valence-corrected chi connectivity index (χ4v) is 4.94. The molecule has 0 fully saturated rings.